The van der Waals surface area contributed by atoms with Gasteiger partial charge in [-0.2, -0.15) is 0 Å². The molecule has 1 aliphatic carbocycles. The molecule has 0 aliphatic heterocycles. The van der Waals surface area contributed by atoms with Crippen LogP contribution in [0.5, 0.6) is 0 Å². The summed E-state index contributed by atoms with van der Waals surface area (Å²) in [7, 11) is 0. The van der Waals surface area contributed by atoms with Crippen molar-refractivity contribution >= 4 is 17.4 Å². The molecule has 1 heterocycles. The summed E-state index contributed by atoms with van der Waals surface area (Å²) in [5.41, 5.74) is 4.52. The van der Waals surface area contributed by atoms with E-state index in [1.165, 1.54) is 25.7 Å². The summed E-state index contributed by atoms with van der Waals surface area (Å²) in [6.07, 6.45) is 4.90. The molecule has 4 nitrogen and oxygen atoms in total. The lowest BCUT2D eigenvalue weighted by atomic mass is 10.0. The molecule has 0 spiro atoms. The Balaban J connectivity index is 2.06. The molecular weight excluding hydrogens is 272 g/mol. The van der Waals surface area contributed by atoms with Crippen molar-refractivity contribution in [2.24, 2.45) is 5.84 Å². The van der Waals surface area contributed by atoms with Crippen molar-refractivity contribution in [1.29, 1.82) is 0 Å². The van der Waals surface area contributed by atoms with E-state index >= 15 is 0 Å². The highest BCUT2D eigenvalue weighted by Gasteiger charge is 2.20. The highest BCUT2D eigenvalue weighted by molar-refractivity contribution is 6.33. The number of nitrogens with one attached hydrogen (secondary N) is 1. The number of nitrogens with two attached hydrogens (primary N) is 1. The Hall–Kier alpha value is -1.65. The van der Waals surface area contributed by atoms with Crippen LogP contribution in [0.15, 0.2) is 30.3 Å². The molecule has 1 aromatic carbocycles. The lowest BCUT2D eigenvalue weighted by Gasteiger charge is -2.12. The molecule has 3 N–H and O–H groups in total. The number of nitrogen functional groups attached to an aromatic ring is 1. The molecule has 0 radical (unpaired) electrons. The van der Waals surface area contributed by atoms with E-state index in [2.05, 4.69) is 10.4 Å². The predicted octanol–water partition coefficient (Wildman–Crippen LogP) is 3.74. The van der Waals surface area contributed by atoms with Crippen LogP contribution in [-0.2, 0) is 0 Å². The largest absolute Gasteiger partial charge is 0.308 e. The number of aromatic nitrogens is 2. The predicted molar refractivity (Wildman–Crippen MR) is 81.5 cm³/mol. The molecule has 5 heteroatoms. The number of hydrogen-bond donors (Lipinski definition) is 2. The minimum absolute atomic E-state index is 0.506. The van der Waals surface area contributed by atoms with E-state index in [4.69, 9.17) is 22.4 Å². The van der Waals surface area contributed by atoms with Crippen molar-refractivity contribution in [2.45, 2.75) is 31.6 Å². The quantitative estimate of drug-likeness (QED) is 0.667. The molecule has 104 valence electrons. The highest BCUT2D eigenvalue weighted by Crippen LogP contribution is 2.35. The van der Waals surface area contributed by atoms with E-state index in [1.807, 2.05) is 30.3 Å². The number of anilines is 1. The summed E-state index contributed by atoms with van der Waals surface area (Å²) in [6, 6.07) is 9.54. The molecule has 2 aromatic rings. The zero-order valence-corrected chi connectivity index (χ0v) is 11.9. The van der Waals surface area contributed by atoms with Gasteiger partial charge in [0, 0.05) is 23.2 Å². The summed E-state index contributed by atoms with van der Waals surface area (Å²) in [6.45, 7) is 0. The van der Waals surface area contributed by atoms with Crippen LogP contribution >= 0.6 is 11.6 Å². The fourth-order valence-corrected chi connectivity index (χ4v) is 2.95. The normalized spacial score (nSPS) is 15.5. The first-order chi connectivity index (χ1) is 9.78. The molecule has 1 fully saturated rings. The van der Waals surface area contributed by atoms with Crippen LogP contribution in [0, 0.1) is 0 Å². The van der Waals surface area contributed by atoms with Gasteiger partial charge in [0.25, 0.3) is 0 Å². The molecule has 0 unspecified atom stereocenters. The minimum Gasteiger partial charge on any atom is -0.308 e. The standard InChI is InChI=1S/C15H17ClN4/c16-12-8-4-3-7-11(12)15-18-13(9-14(19-15)20-17)10-5-1-2-6-10/h3-4,7-10H,1-2,5-6,17H2,(H,18,19,20). The minimum atomic E-state index is 0.506. The Kier molecular flexibility index (Phi) is 3.85. The van der Waals surface area contributed by atoms with Crippen molar-refractivity contribution in [3.05, 3.63) is 41.0 Å². The van der Waals surface area contributed by atoms with Crippen molar-refractivity contribution in [3.63, 3.8) is 0 Å². The number of halogens is 1. The zero-order valence-electron chi connectivity index (χ0n) is 11.1. The second-order valence-electron chi connectivity index (χ2n) is 5.11. The Morgan fingerprint density at radius 1 is 1.15 bits per heavy atom. The van der Waals surface area contributed by atoms with E-state index in [-0.39, 0.29) is 0 Å². The van der Waals surface area contributed by atoms with Crippen molar-refractivity contribution < 1.29 is 0 Å². The van der Waals surface area contributed by atoms with Gasteiger partial charge in [0.15, 0.2) is 5.82 Å². The van der Waals surface area contributed by atoms with Gasteiger partial charge in [-0.05, 0) is 25.0 Å². The first-order valence-corrected chi connectivity index (χ1v) is 7.26. The van der Waals surface area contributed by atoms with E-state index in [1.54, 1.807) is 0 Å². The van der Waals surface area contributed by atoms with Gasteiger partial charge < -0.3 is 5.43 Å². The number of hydrazine groups is 1. The van der Waals surface area contributed by atoms with E-state index in [0.29, 0.717) is 22.6 Å². The second kappa shape index (κ2) is 5.77. The maximum absolute atomic E-state index is 6.23. The molecular formula is C15H17ClN4. The van der Waals surface area contributed by atoms with Crippen LogP contribution < -0.4 is 11.3 Å². The zero-order chi connectivity index (χ0) is 13.9. The van der Waals surface area contributed by atoms with Crippen LogP contribution in [0.4, 0.5) is 5.82 Å². The molecule has 3 rings (SSSR count). The molecule has 0 atom stereocenters. The monoisotopic (exact) mass is 288 g/mol. The van der Waals surface area contributed by atoms with Gasteiger partial charge in [-0.15, -0.1) is 0 Å². The third-order valence-corrected chi connectivity index (χ3v) is 4.11. The SMILES string of the molecule is NNc1cc(C2CCCC2)nc(-c2ccccc2Cl)n1. The van der Waals surface area contributed by atoms with Gasteiger partial charge in [-0.25, -0.2) is 15.8 Å². The Morgan fingerprint density at radius 2 is 1.90 bits per heavy atom. The number of hydrogen-bond acceptors (Lipinski definition) is 4. The van der Waals surface area contributed by atoms with Crippen LogP contribution in [0.3, 0.4) is 0 Å². The Morgan fingerprint density at radius 3 is 2.60 bits per heavy atom. The number of rotatable bonds is 3. The fourth-order valence-electron chi connectivity index (χ4n) is 2.73. The smallest absolute Gasteiger partial charge is 0.163 e. The van der Waals surface area contributed by atoms with Gasteiger partial charge in [0.05, 0.1) is 5.02 Å². The summed E-state index contributed by atoms with van der Waals surface area (Å²) >= 11 is 6.23. The van der Waals surface area contributed by atoms with Gasteiger partial charge in [0.2, 0.25) is 0 Å². The van der Waals surface area contributed by atoms with Crippen LogP contribution in [0.1, 0.15) is 37.3 Å². The van der Waals surface area contributed by atoms with Gasteiger partial charge in [-0.3, -0.25) is 0 Å². The molecule has 0 amide bonds. The summed E-state index contributed by atoms with van der Waals surface area (Å²) < 4.78 is 0. The Bertz CT molecular complexity index is 609. The van der Waals surface area contributed by atoms with Crippen molar-refractivity contribution in [2.75, 3.05) is 5.43 Å². The van der Waals surface area contributed by atoms with Crippen molar-refractivity contribution in [1.82, 2.24) is 9.97 Å². The molecule has 20 heavy (non-hydrogen) atoms. The van der Waals surface area contributed by atoms with E-state index in [0.717, 1.165) is 11.3 Å². The topological polar surface area (TPSA) is 63.8 Å². The van der Waals surface area contributed by atoms with Crippen LogP contribution in [-0.4, -0.2) is 9.97 Å². The maximum Gasteiger partial charge on any atom is 0.163 e. The number of nitrogens with zero attached hydrogens (tertiary/aromatic N) is 2. The lowest BCUT2D eigenvalue weighted by molar-refractivity contribution is 0.695. The summed E-state index contributed by atoms with van der Waals surface area (Å²) in [5, 5.41) is 0.652. The average molecular weight is 289 g/mol. The fraction of sp³-hybridized carbons (Fsp3) is 0.333. The third kappa shape index (κ3) is 2.62. The molecule has 1 aliphatic rings. The third-order valence-electron chi connectivity index (χ3n) is 3.78. The molecule has 0 bridgehead atoms. The van der Waals surface area contributed by atoms with Crippen molar-refractivity contribution in [3.8, 4) is 11.4 Å². The van der Waals surface area contributed by atoms with Gasteiger partial charge in [0.1, 0.15) is 5.82 Å². The van der Waals surface area contributed by atoms with Gasteiger partial charge in [-0.1, -0.05) is 36.6 Å². The molecule has 0 saturated heterocycles. The maximum atomic E-state index is 6.23. The van der Waals surface area contributed by atoms with E-state index in [9.17, 15) is 0 Å². The first-order valence-electron chi connectivity index (χ1n) is 6.88. The highest BCUT2D eigenvalue weighted by atomic mass is 35.5. The lowest BCUT2D eigenvalue weighted by Crippen LogP contribution is -2.11. The van der Waals surface area contributed by atoms with Gasteiger partial charge >= 0.3 is 0 Å². The van der Waals surface area contributed by atoms with Crippen LogP contribution in [0.25, 0.3) is 11.4 Å². The number of benzene rings is 1. The second-order valence-corrected chi connectivity index (χ2v) is 5.51. The average Bonchev–Trinajstić information content (AvgIpc) is 3.01. The summed E-state index contributed by atoms with van der Waals surface area (Å²) in [5.74, 6) is 7.30. The molecule has 1 saturated carbocycles. The first kappa shape index (κ1) is 13.3. The molecule has 1 aromatic heterocycles. The van der Waals surface area contributed by atoms with Crippen LogP contribution in [0.2, 0.25) is 5.02 Å². The summed E-state index contributed by atoms with van der Waals surface area (Å²) in [4.78, 5) is 9.13. The van der Waals surface area contributed by atoms with E-state index < -0.39 is 0 Å². The Labute approximate surface area is 123 Å².